The van der Waals surface area contributed by atoms with Crippen LogP contribution in [0.1, 0.15) is 30.3 Å². The van der Waals surface area contributed by atoms with E-state index in [4.69, 9.17) is 16.7 Å². The van der Waals surface area contributed by atoms with Crippen LogP contribution in [-0.4, -0.2) is 26.2 Å². The van der Waals surface area contributed by atoms with Gasteiger partial charge in [0, 0.05) is 25.2 Å². The molecule has 2 aromatic heterocycles. The summed E-state index contributed by atoms with van der Waals surface area (Å²) < 4.78 is 1.92. The lowest BCUT2D eigenvalue weighted by Gasteiger charge is -2.23. The molecular weight excluding hydrogens is 308 g/mol. The molecule has 1 aliphatic heterocycles. The highest BCUT2D eigenvalue weighted by molar-refractivity contribution is 6.35. The second-order valence-corrected chi connectivity index (χ2v) is 6.49. The molecule has 5 heteroatoms. The van der Waals surface area contributed by atoms with Crippen molar-refractivity contribution >= 4 is 22.5 Å². The van der Waals surface area contributed by atoms with Crippen molar-refractivity contribution in [3.05, 3.63) is 59.0 Å². The second-order valence-electron chi connectivity index (χ2n) is 6.09. The van der Waals surface area contributed by atoms with Crippen LogP contribution in [0, 0.1) is 0 Å². The molecule has 1 fully saturated rings. The van der Waals surface area contributed by atoms with Gasteiger partial charge in [0.1, 0.15) is 0 Å². The number of benzene rings is 1. The molecule has 3 aromatic rings. The van der Waals surface area contributed by atoms with Gasteiger partial charge < -0.3 is 0 Å². The third kappa shape index (κ3) is 2.62. The third-order valence-electron chi connectivity index (χ3n) is 4.65. The van der Waals surface area contributed by atoms with Crippen LogP contribution in [0.4, 0.5) is 0 Å². The van der Waals surface area contributed by atoms with E-state index >= 15 is 0 Å². The summed E-state index contributed by atoms with van der Waals surface area (Å²) in [4.78, 5) is 7.01. The molecule has 1 aliphatic rings. The van der Waals surface area contributed by atoms with Crippen LogP contribution in [0.5, 0.6) is 0 Å². The molecule has 0 bridgehead atoms. The van der Waals surface area contributed by atoms with Gasteiger partial charge in [-0.2, -0.15) is 5.10 Å². The fourth-order valence-corrected chi connectivity index (χ4v) is 3.86. The first kappa shape index (κ1) is 14.7. The number of aromatic nitrogens is 3. The van der Waals surface area contributed by atoms with Crippen LogP contribution < -0.4 is 0 Å². The first-order valence-electron chi connectivity index (χ1n) is 7.99. The molecule has 0 unspecified atom stereocenters. The highest BCUT2D eigenvalue weighted by atomic mass is 35.5. The highest BCUT2D eigenvalue weighted by Gasteiger charge is 2.28. The van der Waals surface area contributed by atoms with Crippen molar-refractivity contribution in [2.75, 3.05) is 6.54 Å². The number of pyridine rings is 1. The van der Waals surface area contributed by atoms with E-state index in [0.717, 1.165) is 46.8 Å². The standard InChI is InChI=1S/C18H19ClN4/c1-22-17-8-4-6-13(19)18(17)15(21-22)12-23-11-5-9-16(23)14-7-2-3-10-20-14/h2-4,6-8,10,16H,5,9,11-12H2,1H3/t16-/m1/s1. The fourth-order valence-electron chi connectivity index (χ4n) is 3.58. The lowest BCUT2D eigenvalue weighted by atomic mass is 10.1. The van der Waals surface area contributed by atoms with Gasteiger partial charge in [-0.05, 0) is 43.7 Å². The molecule has 4 rings (SSSR count). The normalized spacial score (nSPS) is 18.8. The van der Waals surface area contributed by atoms with Gasteiger partial charge in [0.2, 0.25) is 0 Å². The molecule has 0 radical (unpaired) electrons. The summed E-state index contributed by atoms with van der Waals surface area (Å²) in [6.45, 7) is 1.88. The number of nitrogens with zero attached hydrogens (tertiary/aromatic N) is 4. The van der Waals surface area contributed by atoms with Crippen LogP contribution >= 0.6 is 11.6 Å². The minimum atomic E-state index is 0.371. The first-order valence-corrected chi connectivity index (χ1v) is 8.37. The zero-order valence-electron chi connectivity index (χ0n) is 13.1. The number of rotatable bonds is 3. The van der Waals surface area contributed by atoms with E-state index in [1.54, 1.807) is 0 Å². The maximum Gasteiger partial charge on any atom is 0.0858 e. The van der Waals surface area contributed by atoms with E-state index in [1.807, 2.05) is 36.1 Å². The van der Waals surface area contributed by atoms with Gasteiger partial charge in [-0.3, -0.25) is 14.6 Å². The zero-order valence-corrected chi connectivity index (χ0v) is 13.9. The number of hydrogen-bond acceptors (Lipinski definition) is 3. The van der Waals surface area contributed by atoms with Crippen LogP contribution in [-0.2, 0) is 13.6 Å². The van der Waals surface area contributed by atoms with Crippen molar-refractivity contribution in [1.29, 1.82) is 0 Å². The highest BCUT2D eigenvalue weighted by Crippen LogP contribution is 2.34. The number of fused-ring (bicyclic) bond motifs is 1. The van der Waals surface area contributed by atoms with Gasteiger partial charge in [0.15, 0.2) is 0 Å². The van der Waals surface area contributed by atoms with Gasteiger partial charge in [-0.1, -0.05) is 23.7 Å². The van der Waals surface area contributed by atoms with Gasteiger partial charge in [0.05, 0.1) is 28.0 Å². The van der Waals surface area contributed by atoms with Crippen LogP contribution in [0.25, 0.3) is 10.9 Å². The second kappa shape index (κ2) is 5.95. The van der Waals surface area contributed by atoms with E-state index in [1.165, 1.54) is 6.42 Å². The summed E-state index contributed by atoms with van der Waals surface area (Å²) >= 11 is 6.43. The summed E-state index contributed by atoms with van der Waals surface area (Å²) in [5.41, 5.74) is 3.29. The number of halogens is 1. The molecule has 4 nitrogen and oxygen atoms in total. The fraction of sp³-hybridized carbons (Fsp3) is 0.333. The first-order chi connectivity index (χ1) is 11.2. The maximum atomic E-state index is 6.43. The van der Waals surface area contributed by atoms with Crippen molar-refractivity contribution in [2.45, 2.75) is 25.4 Å². The van der Waals surface area contributed by atoms with Crippen molar-refractivity contribution in [2.24, 2.45) is 7.05 Å². The van der Waals surface area contributed by atoms with E-state index in [0.29, 0.717) is 6.04 Å². The van der Waals surface area contributed by atoms with E-state index in [9.17, 15) is 0 Å². The Kier molecular flexibility index (Phi) is 3.79. The maximum absolute atomic E-state index is 6.43. The lowest BCUT2D eigenvalue weighted by Crippen LogP contribution is -2.23. The molecule has 0 aliphatic carbocycles. The largest absolute Gasteiger partial charge is 0.289 e. The average Bonchev–Trinajstić information content (AvgIpc) is 3.15. The Morgan fingerprint density at radius 3 is 2.96 bits per heavy atom. The van der Waals surface area contributed by atoms with E-state index in [-0.39, 0.29) is 0 Å². The molecule has 1 saturated heterocycles. The SMILES string of the molecule is Cn1nc(CN2CCC[C@@H]2c2ccccn2)c2c(Cl)cccc21. The van der Waals surface area contributed by atoms with Crippen LogP contribution in [0.3, 0.4) is 0 Å². The van der Waals surface area contributed by atoms with Gasteiger partial charge in [-0.15, -0.1) is 0 Å². The predicted octanol–water partition coefficient (Wildman–Crippen LogP) is 3.96. The van der Waals surface area contributed by atoms with Crippen LogP contribution in [0.2, 0.25) is 5.02 Å². The Morgan fingerprint density at radius 1 is 1.22 bits per heavy atom. The topological polar surface area (TPSA) is 34.0 Å². The Balaban J connectivity index is 1.68. The molecule has 1 aromatic carbocycles. The van der Waals surface area contributed by atoms with Crippen molar-refractivity contribution in [3.63, 3.8) is 0 Å². The Bertz CT molecular complexity index is 828. The van der Waals surface area contributed by atoms with E-state index < -0.39 is 0 Å². The molecule has 23 heavy (non-hydrogen) atoms. The summed E-state index contributed by atoms with van der Waals surface area (Å²) in [7, 11) is 1.97. The van der Waals surface area contributed by atoms with E-state index in [2.05, 4.69) is 28.1 Å². The molecule has 0 N–H and O–H groups in total. The number of hydrogen-bond donors (Lipinski definition) is 0. The van der Waals surface area contributed by atoms with Crippen LogP contribution in [0.15, 0.2) is 42.6 Å². The molecule has 118 valence electrons. The van der Waals surface area contributed by atoms with Crippen molar-refractivity contribution in [1.82, 2.24) is 19.7 Å². The molecule has 0 saturated carbocycles. The summed E-state index contributed by atoms with van der Waals surface area (Å²) in [5, 5.41) is 6.56. The Morgan fingerprint density at radius 2 is 2.13 bits per heavy atom. The Hall–Kier alpha value is -1.91. The predicted molar refractivity (Wildman–Crippen MR) is 92.3 cm³/mol. The number of likely N-dealkylation sites (tertiary alicyclic amines) is 1. The third-order valence-corrected chi connectivity index (χ3v) is 4.96. The summed E-state index contributed by atoms with van der Waals surface area (Å²) in [6, 6.07) is 12.5. The minimum absolute atomic E-state index is 0.371. The molecular formula is C18H19ClN4. The average molecular weight is 327 g/mol. The lowest BCUT2D eigenvalue weighted by molar-refractivity contribution is 0.242. The quantitative estimate of drug-likeness (QED) is 0.730. The number of aryl methyl sites for hydroxylation is 1. The minimum Gasteiger partial charge on any atom is -0.289 e. The smallest absolute Gasteiger partial charge is 0.0858 e. The summed E-state index contributed by atoms with van der Waals surface area (Å²) in [6.07, 6.45) is 4.22. The zero-order chi connectivity index (χ0) is 15.8. The molecule has 1 atom stereocenters. The molecule has 0 amide bonds. The van der Waals surface area contributed by atoms with Gasteiger partial charge in [-0.25, -0.2) is 0 Å². The monoisotopic (exact) mass is 326 g/mol. The molecule has 0 spiro atoms. The Labute approximate surface area is 140 Å². The van der Waals surface area contributed by atoms with Crippen molar-refractivity contribution < 1.29 is 0 Å². The van der Waals surface area contributed by atoms with Gasteiger partial charge in [0.25, 0.3) is 0 Å². The van der Waals surface area contributed by atoms with Gasteiger partial charge >= 0.3 is 0 Å². The molecule has 3 heterocycles. The van der Waals surface area contributed by atoms with Crippen molar-refractivity contribution in [3.8, 4) is 0 Å². The summed E-state index contributed by atoms with van der Waals surface area (Å²) in [5.74, 6) is 0.